The largest absolute Gasteiger partial charge is 0.392 e. The maximum Gasteiger partial charge on any atom is 0.236 e. The molecule has 0 aliphatic carbocycles. The van der Waals surface area contributed by atoms with Crippen LogP contribution >= 0.6 is 23.5 Å². The van der Waals surface area contributed by atoms with Crippen molar-refractivity contribution >= 4 is 29.4 Å². The Labute approximate surface area is 163 Å². The van der Waals surface area contributed by atoms with E-state index < -0.39 is 6.10 Å². The van der Waals surface area contributed by atoms with Gasteiger partial charge >= 0.3 is 0 Å². The van der Waals surface area contributed by atoms with Crippen LogP contribution in [0.4, 0.5) is 0 Å². The number of amides is 1. The van der Waals surface area contributed by atoms with Gasteiger partial charge in [-0.25, -0.2) is 0 Å². The molecule has 1 aromatic heterocycles. The number of aliphatic hydroxyl groups is 1. The molecule has 4 atom stereocenters. The first-order chi connectivity index (χ1) is 12.6. The van der Waals surface area contributed by atoms with Gasteiger partial charge in [-0.15, -0.1) is 11.8 Å². The molecule has 7 heteroatoms. The zero-order valence-electron chi connectivity index (χ0n) is 15.2. The molecule has 0 bridgehead atoms. The average Bonchev–Trinajstić information content (AvgIpc) is 3.18. The van der Waals surface area contributed by atoms with E-state index in [1.807, 2.05) is 48.8 Å². The van der Waals surface area contributed by atoms with E-state index >= 15 is 0 Å². The van der Waals surface area contributed by atoms with Crippen molar-refractivity contribution in [2.24, 2.45) is 5.92 Å². The minimum Gasteiger partial charge on any atom is -0.392 e. The number of aromatic nitrogens is 1. The number of β-lactam (4-membered cyclic amide) rings is 1. The number of hydrogen-bond acceptors (Lipinski definition) is 6. The van der Waals surface area contributed by atoms with Crippen LogP contribution in [0.15, 0.2) is 34.3 Å². The molecule has 4 heterocycles. The topological polar surface area (TPSA) is 56.7 Å². The second kappa shape index (κ2) is 7.54. The van der Waals surface area contributed by atoms with Gasteiger partial charge in [-0.05, 0) is 38.4 Å². The van der Waals surface area contributed by atoms with Crippen molar-refractivity contribution in [3.63, 3.8) is 0 Å². The molecule has 1 N–H and O–H groups in total. The summed E-state index contributed by atoms with van der Waals surface area (Å²) in [4.78, 5) is 21.2. The molecule has 1 amide bonds. The SMILES string of the molecule is CC[C@H](O)[C@@H]1C(=O)N2C(C)=C(S[C@H]3CCN(Cc4ccccn4)C3)S[C@H]12. The molecule has 2 saturated heterocycles. The molecule has 0 unspecified atom stereocenters. The summed E-state index contributed by atoms with van der Waals surface area (Å²) in [7, 11) is 0. The van der Waals surface area contributed by atoms with Crippen LogP contribution in [0.2, 0.25) is 0 Å². The Bertz CT molecular complexity index is 712. The number of fused-ring (bicyclic) bond motifs is 1. The first-order valence-corrected chi connectivity index (χ1v) is 11.0. The number of likely N-dealkylation sites (tertiary alicyclic amines) is 1. The van der Waals surface area contributed by atoms with Crippen LogP contribution in [0.25, 0.3) is 0 Å². The number of rotatable bonds is 6. The molecular formula is C19H25N3O2S2. The molecule has 2 fully saturated rings. The van der Waals surface area contributed by atoms with Gasteiger partial charge in [-0.1, -0.05) is 24.8 Å². The maximum absolute atomic E-state index is 12.4. The zero-order chi connectivity index (χ0) is 18.3. The Balaban J connectivity index is 1.34. The molecule has 0 aromatic carbocycles. The third kappa shape index (κ3) is 3.30. The molecule has 0 spiro atoms. The number of nitrogens with zero attached hydrogens (tertiary/aromatic N) is 3. The molecule has 5 nitrogen and oxygen atoms in total. The van der Waals surface area contributed by atoms with Crippen molar-refractivity contribution in [2.75, 3.05) is 13.1 Å². The highest BCUT2D eigenvalue weighted by Gasteiger charge is 2.55. The lowest BCUT2D eigenvalue weighted by Gasteiger charge is -2.44. The average molecular weight is 392 g/mol. The van der Waals surface area contributed by atoms with Crippen LogP contribution in [0.5, 0.6) is 0 Å². The van der Waals surface area contributed by atoms with Crippen molar-refractivity contribution < 1.29 is 9.90 Å². The smallest absolute Gasteiger partial charge is 0.236 e. The number of carbonyl (C=O) groups excluding carboxylic acids is 1. The summed E-state index contributed by atoms with van der Waals surface area (Å²) in [6.07, 6.45) is 3.12. The lowest BCUT2D eigenvalue weighted by molar-refractivity contribution is -0.153. The number of aliphatic hydroxyl groups excluding tert-OH is 1. The van der Waals surface area contributed by atoms with Gasteiger partial charge < -0.3 is 10.0 Å². The van der Waals surface area contributed by atoms with Crippen molar-refractivity contribution in [2.45, 2.75) is 50.0 Å². The summed E-state index contributed by atoms with van der Waals surface area (Å²) < 4.78 is 1.26. The Morgan fingerprint density at radius 2 is 2.31 bits per heavy atom. The van der Waals surface area contributed by atoms with Gasteiger partial charge in [0.2, 0.25) is 5.91 Å². The van der Waals surface area contributed by atoms with Crippen LogP contribution in [-0.2, 0) is 11.3 Å². The van der Waals surface area contributed by atoms with E-state index in [1.54, 1.807) is 11.8 Å². The van der Waals surface area contributed by atoms with Crippen LogP contribution in [0, 0.1) is 5.92 Å². The van der Waals surface area contributed by atoms with E-state index in [1.165, 1.54) is 4.24 Å². The Kier molecular flexibility index (Phi) is 5.32. The number of carbonyl (C=O) groups is 1. The number of thioether (sulfide) groups is 2. The molecule has 26 heavy (non-hydrogen) atoms. The summed E-state index contributed by atoms with van der Waals surface area (Å²) in [6.45, 7) is 7.03. The van der Waals surface area contributed by atoms with E-state index in [-0.39, 0.29) is 17.2 Å². The molecular weight excluding hydrogens is 366 g/mol. The van der Waals surface area contributed by atoms with Gasteiger partial charge in [-0.2, -0.15) is 0 Å². The fourth-order valence-electron chi connectivity index (χ4n) is 3.89. The van der Waals surface area contributed by atoms with Gasteiger partial charge in [0.1, 0.15) is 5.37 Å². The quantitative estimate of drug-likeness (QED) is 0.753. The first kappa shape index (κ1) is 18.3. The third-order valence-corrected chi connectivity index (χ3v) is 8.48. The highest BCUT2D eigenvalue weighted by Crippen LogP contribution is 2.55. The van der Waals surface area contributed by atoms with E-state index in [2.05, 4.69) is 16.0 Å². The van der Waals surface area contributed by atoms with Gasteiger partial charge in [0.25, 0.3) is 0 Å². The summed E-state index contributed by atoms with van der Waals surface area (Å²) in [5.74, 6) is -0.143. The van der Waals surface area contributed by atoms with Crippen LogP contribution in [0.1, 0.15) is 32.4 Å². The van der Waals surface area contributed by atoms with Crippen molar-refractivity contribution in [3.05, 3.63) is 40.0 Å². The number of pyridine rings is 1. The standard InChI is InChI=1S/C19H25N3O2S2/c1-3-15(23)16-17(24)22-12(2)19(26-18(16)22)25-14-7-9-21(11-14)10-13-6-4-5-8-20-13/h4-6,8,14-16,18,23H,3,7,9-11H2,1-2H3/t14-,15-,16+,18+/m0/s1. The predicted octanol–water partition coefficient (Wildman–Crippen LogP) is 2.88. The highest BCUT2D eigenvalue weighted by atomic mass is 32.2. The Morgan fingerprint density at radius 3 is 3.04 bits per heavy atom. The minimum atomic E-state index is -0.520. The van der Waals surface area contributed by atoms with E-state index in [9.17, 15) is 9.90 Å². The zero-order valence-corrected chi connectivity index (χ0v) is 16.8. The first-order valence-electron chi connectivity index (χ1n) is 9.26. The van der Waals surface area contributed by atoms with Crippen LogP contribution in [0.3, 0.4) is 0 Å². The van der Waals surface area contributed by atoms with E-state index in [4.69, 9.17) is 0 Å². The summed E-state index contributed by atoms with van der Waals surface area (Å²) in [5, 5.41) is 10.8. The van der Waals surface area contributed by atoms with Gasteiger partial charge in [0.05, 0.1) is 22.0 Å². The molecule has 140 valence electrons. The summed E-state index contributed by atoms with van der Waals surface area (Å²) in [5.41, 5.74) is 2.20. The maximum atomic E-state index is 12.4. The predicted molar refractivity (Wildman–Crippen MR) is 106 cm³/mol. The van der Waals surface area contributed by atoms with E-state index in [0.29, 0.717) is 11.7 Å². The van der Waals surface area contributed by atoms with Crippen molar-refractivity contribution in [1.82, 2.24) is 14.8 Å². The molecule has 0 saturated carbocycles. The minimum absolute atomic E-state index is 0.0909. The molecule has 1 aromatic rings. The Morgan fingerprint density at radius 1 is 1.46 bits per heavy atom. The molecule has 0 radical (unpaired) electrons. The molecule has 4 rings (SSSR count). The monoisotopic (exact) mass is 391 g/mol. The third-order valence-electron chi connectivity index (χ3n) is 5.42. The van der Waals surface area contributed by atoms with Gasteiger partial charge in [-0.3, -0.25) is 14.7 Å². The second-order valence-electron chi connectivity index (χ2n) is 7.18. The van der Waals surface area contributed by atoms with Gasteiger partial charge in [0.15, 0.2) is 0 Å². The van der Waals surface area contributed by atoms with Crippen LogP contribution < -0.4 is 0 Å². The van der Waals surface area contributed by atoms with E-state index in [0.717, 1.165) is 37.4 Å². The van der Waals surface area contributed by atoms with Crippen LogP contribution in [-0.4, -0.2) is 55.6 Å². The molecule has 3 aliphatic rings. The second-order valence-corrected chi connectivity index (χ2v) is 9.87. The Hall–Kier alpha value is -1.02. The van der Waals surface area contributed by atoms with Gasteiger partial charge in [0, 0.05) is 30.2 Å². The summed E-state index contributed by atoms with van der Waals surface area (Å²) in [6, 6.07) is 6.07. The fourth-order valence-corrected chi connectivity index (χ4v) is 7.20. The van der Waals surface area contributed by atoms with Crippen molar-refractivity contribution in [3.8, 4) is 0 Å². The lowest BCUT2D eigenvalue weighted by atomic mass is 9.90. The molecule has 3 aliphatic heterocycles. The normalized spacial score (nSPS) is 29.9. The number of hydrogen-bond donors (Lipinski definition) is 1. The fraction of sp³-hybridized carbons (Fsp3) is 0.579. The van der Waals surface area contributed by atoms with Crippen molar-refractivity contribution in [1.29, 1.82) is 0 Å². The highest BCUT2D eigenvalue weighted by molar-refractivity contribution is 8.23. The number of allylic oxidation sites excluding steroid dienone is 1. The lowest BCUT2D eigenvalue weighted by Crippen LogP contribution is -2.60. The summed E-state index contributed by atoms with van der Waals surface area (Å²) >= 11 is 3.69.